The van der Waals surface area contributed by atoms with Gasteiger partial charge in [0.25, 0.3) is 5.91 Å². The molecule has 2 amide bonds. The Morgan fingerprint density at radius 1 is 0.912 bits per heavy atom. The highest BCUT2D eigenvalue weighted by Gasteiger charge is 2.30. The number of aliphatic hydroxyl groups is 1. The number of nitrogens with zero attached hydrogens (tertiary/aromatic N) is 1. The Balaban J connectivity index is 1.86. The fourth-order valence-corrected chi connectivity index (χ4v) is 3.72. The van der Waals surface area contributed by atoms with Gasteiger partial charge in [-0.25, -0.2) is 0 Å². The number of aliphatic hydroxyl groups excluding tert-OH is 1. The van der Waals surface area contributed by atoms with Crippen LogP contribution in [0.1, 0.15) is 17.5 Å². The van der Waals surface area contributed by atoms with E-state index in [-0.39, 0.29) is 31.6 Å². The van der Waals surface area contributed by atoms with Crippen LogP contribution in [-0.2, 0) is 22.6 Å². The number of amides is 2. The van der Waals surface area contributed by atoms with Crippen LogP contribution in [0, 0.1) is 0 Å². The Kier molecular flexibility index (Phi) is 9.95. The van der Waals surface area contributed by atoms with E-state index >= 15 is 0 Å². The molecule has 1 atom stereocenters. The topological polar surface area (TPSA) is 78.9 Å². The monoisotopic (exact) mass is 480 g/mol. The summed E-state index contributed by atoms with van der Waals surface area (Å²) in [4.78, 5) is 28.2. The van der Waals surface area contributed by atoms with Gasteiger partial charge in [-0.1, -0.05) is 84.4 Å². The SMILES string of the molecule is O=C(NCCCO)[C@H](Cc1ccccc1)N(Cc1ccccc1)C(=O)COc1ccccc1Cl. The quantitative estimate of drug-likeness (QED) is 0.386. The average molecular weight is 481 g/mol. The number of ether oxygens (including phenoxy) is 1. The number of hydrogen-bond acceptors (Lipinski definition) is 4. The molecule has 0 aliphatic rings. The Labute approximate surface area is 205 Å². The molecule has 0 radical (unpaired) electrons. The van der Waals surface area contributed by atoms with Gasteiger partial charge in [0.2, 0.25) is 5.91 Å². The fraction of sp³-hybridized carbons (Fsp3) is 0.259. The lowest BCUT2D eigenvalue weighted by Gasteiger charge is -2.31. The molecule has 0 saturated heterocycles. The number of benzene rings is 3. The van der Waals surface area contributed by atoms with Crippen LogP contribution in [0.4, 0.5) is 0 Å². The van der Waals surface area contributed by atoms with Crippen LogP contribution in [-0.4, -0.2) is 47.6 Å². The normalized spacial score (nSPS) is 11.5. The second kappa shape index (κ2) is 13.4. The molecule has 0 aliphatic carbocycles. The number of nitrogens with one attached hydrogen (secondary N) is 1. The van der Waals surface area contributed by atoms with E-state index in [1.807, 2.05) is 60.7 Å². The van der Waals surface area contributed by atoms with Gasteiger partial charge in [-0.05, 0) is 29.7 Å². The Morgan fingerprint density at radius 3 is 2.18 bits per heavy atom. The van der Waals surface area contributed by atoms with Gasteiger partial charge in [0.05, 0.1) is 5.02 Å². The Bertz CT molecular complexity index is 1050. The molecule has 6 nitrogen and oxygen atoms in total. The molecule has 0 saturated carbocycles. The van der Waals surface area contributed by atoms with Crippen LogP contribution in [0.5, 0.6) is 5.75 Å². The summed E-state index contributed by atoms with van der Waals surface area (Å²) in [5, 5.41) is 12.4. The molecule has 0 bridgehead atoms. The molecule has 0 heterocycles. The average Bonchev–Trinajstić information content (AvgIpc) is 2.87. The lowest BCUT2D eigenvalue weighted by atomic mass is 10.0. The summed E-state index contributed by atoms with van der Waals surface area (Å²) in [5.74, 6) is -0.203. The first-order valence-corrected chi connectivity index (χ1v) is 11.6. The first-order valence-electron chi connectivity index (χ1n) is 11.2. The van der Waals surface area contributed by atoms with Gasteiger partial charge < -0.3 is 20.1 Å². The first kappa shape index (κ1) is 25.3. The minimum absolute atomic E-state index is 0.0258. The van der Waals surface area contributed by atoms with Crippen molar-refractivity contribution in [1.82, 2.24) is 10.2 Å². The van der Waals surface area contributed by atoms with Crippen molar-refractivity contribution in [2.45, 2.75) is 25.4 Å². The molecule has 0 spiro atoms. The van der Waals surface area contributed by atoms with Gasteiger partial charge in [0.15, 0.2) is 6.61 Å². The van der Waals surface area contributed by atoms with Gasteiger partial charge in [-0.15, -0.1) is 0 Å². The summed E-state index contributed by atoms with van der Waals surface area (Å²) in [6.07, 6.45) is 0.780. The second-order valence-electron chi connectivity index (χ2n) is 7.80. The Hall–Kier alpha value is -3.35. The maximum absolute atomic E-state index is 13.4. The molecule has 3 aromatic rings. The van der Waals surface area contributed by atoms with Crippen LogP contribution < -0.4 is 10.1 Å². The van der Waals surface area contributed by atoms with E-state index in [0.29, 0.717) is 30.2 Å². The second-order valence-corrected chi connectivity index (χ2v) is 8.21. The number of carbonyl (C=O) groups excluding carboxylic acids is 2. The van der Waals surface area contributed by atoms with Crippen LogP contribution in [0.3, 0.4) is 0 Å². The predicted molar refractivity (Wildman–Crippen MR) is 133 cm³/mol. The van der Waals surface area contributed by atoms with Gasteiger partial charge in [0, 0.05) is 26.1 Å². The number of hydrogen-bond donors (Lipinski definition) is 2. The van der Waals surface area contributed by atoms with Gasteiger partial charge in [-0.2, -0.15) is 0 Å². The van der Waals surface area contributed by atoms with Crippen molar-refractivity contribution >= 4 is 23.4 Å². The molecule has 0 fully saturated rings. The summed E-state index contributed by atoms with van der Waals surface area (Å²) in [7, 11) is 0. The van der Waals surface area contributed by atoms with E-state index in [9.17, 15) is 9.59 Å². The maximum Gasteiger partial charge on any atom is 0.261 e. The highest BCUT2D eigenvalue weighted by molar-refractivity contribution is 6.32. The van der Waals surface area contributed by atoms with Crippen molar-refractivity contribution in [3.05, 3.63) is 101 Å². The molecular formula is C27H29ClN2O4. The molecule has 178 valence electrons. The molecule has 34 heavy (non-hydrogen) atoms. The molecule has 0 unspecified atom stereocenters. The van der Waals surface area contributed by atoms with E-state index in [1.54, 1.807) is 29.2 Å². The third-order valence-corrected chi connectivity index (χ3v) is 5.60. The van der Waals surface area contributed by atoms with E-state index in [2.05, 4.69) is 5.32 Å². The lowest BCUT2D eigenvalue weighted by Crippen LogP contribution is -2.51. The number of halogens is 1. The van der Waals surface area contributed by atoms with Crippen molar-refractivity contribution < 1.29 is 19.4 Å². The molecule has 0 aliphatic heterocycles. The number of para-hydroxylation sites is 1. The third kappa shape index (κ3) is 7.61. The van der Waals surface area contributed by atoms with Gasteiger partial charge in [0.1, 0.15) is 11.8 Å². The molecule has 7 heteroatoms. The van der Waals surface area contributed by atoms with Crippen molar-refractivity contribution in [3.8, 4) is 5.75 Å². The molecule has 3 aromatic carbocycles. The summed E-state index contributed by atoms with van der Waals surface area (Å²) in [5.41, 5.74) is 1.83. The minimum Gasteiger partial charge on any atom is -0.482 e. The van der Waals surface area contributed by atoms with Crippen molar-refractivity contribution in [2.24, 2.45) is 0 Å². The van der Waals surface area contributed by atoms with Crippen molar-refractivity contribution in [2.75, 3.05) is 19.8 Å². The molecular weight excluding hydrogens is 452 g/mol. The lowest BCUT2D eigenvalue weighted by molar-refractivity contribution is -0.142. The van der Waals surface area contributed by atoms with Crippen molar-refractivity contribution in [1.29, 1.82) is 0 Å². The van der Waals surface area contributed by atoms with Gasteiger partial charge in [-0.3, -0.25) is 9.59 Å². The van der Waals surface area contributed by atoms with Crippen LogP contribution in [0.2, 0.25) is 5.02 Å². The van der Waals surface area contributed by atoms with E-state index in [4.69, 9.17) is 21.4 Å². The smallest absolute Gasteiger partial charge is 0.261 e. The summed E-state index contributed by atoms with van der Waals surface area (Å²) < 4.78 is 5.71. The largest absolute Gasteiger partial charge is 0.482 e. The Morgan fingerprint density at radius 2 is 1.53 bits per heavy atom. The third-order valence-electron chi connectivity index (χ3n) is 5.29. The molecule has 3 rings (SSSR count). The number of rotatable bonds is 12. The van der Waals surface area contributed by atoms with E-state index < -0.39 is 6.04 Å². The maximum atomic E-state index is 13.4. The highest BCUT2D eigenvalue weighted by Crippen LogP contribution is 2.23. The molecule has 2 N–H and O–H groups in total. The molecule has 0 aromatic heterocycles. The summed E-state index contributed by atoms with van der Waals surface area (Å²) in [6.45, 7) is 0.286. The zero-order chi connectivity index (χ0) is 24.2. The summed E-state index contributed by atoms with van der Waals surface area (Å²) >= 11 is 6.17. The van der Waals surface area contributed by atoms with Crippen molar-refractivity contribution in [3.63, 3.8) is 0 Å². The van der Waals surface area contributed by atoms with E-state index in [0.717, 1.165) is 11.1 Å². The van der Waals surface area contributed by atoms with Gasteiger partial charge >= 0.3 is 0 Å². The first-order chi connectivity index (χ1) is 16.6. The highest BCUT2D eigenvalue weighted by atomic mass is 35.5. The zero-order valence-electron chi connectivity index (χ0n) is 18.9. The fourth-order valence-electron chi connectivity index (χ4n) is 3.53. The standard InChI is InChI=1S/C27H29ClN2O4/c28-23-14-7-8-15-25(23)34-20-26(32)30(19-22-12-5-2-6-13-22)24(27(33)29-16-9-17-31)18-21-10-3-1-4-11-21/h1-8,10-15,24,31H,9,16-20H2,(H,29,33)/t24-/m0/s1. The minimum atomic E-state index is -0.761. The van der Waals surface area contributed by atoms with Crippen LogP contribution in [0.15, 0.2) is 84.9 Å². The van der Waals surface area contributed by atoms with Crippen LogP contribution in [0.25, 0.3) is 0 Å². The predicted octanol–water partition coefficient (Wildman–Crippen LogP) is 3.86. The zero-order valence-corrected chi connectivity index (χ0v) is 19.7. The summed E-state index contributed by atoms with van der Waals surface area (Å²) in [6, 6.07) is 25.3. The van der Waals surface area contributed by atoms with E-state index in [1.165, 1.54) is 0 Å². The number of carbonyl (C=O) groups is 2. The van der Waals surface area contributed by atoms with Crippen LogP contribution >= 0.6 is 11.6 Å².